The minimum atomic E-state index is 0.0692. The largest absolute Gasteiger partial charge is 0.491 e. The van der Waals surface area contributed by atoms with Crippen LogP contribution in [0, 0.1) is 3.57 Å². The first-order chi connectivity index (χ1) is 5.27. The second-order valence-corrected chi connectivity index (χ2v) is 3.85. The number of ether oxygens (including phenoxy) is 1. The highest BCUT2D eigenvalue weighted by molar-refractivity contribution is 14.1. The summed E-state index contributed by atoms with van der Waals surface area (Å²) in [7, 11) is 0. The smallest absolute Gasteiger partial charge is 0.124 e. The van der Waals surface area contributed by atoms with Crippen LogP contribution in [0.4, 0.5) is 0 Å². The van der Waals surface area contributed by atoms with Gasteiger partial charge in [0.1, 0.15) is 12.4 Å². The fraction of sp³-hybridized carbons (Fsp3) is 0.250. The van der Waals surface area contributed by atoms with Crippen molar-refractivity contribution in [2.24, 2.45) is 5.73 Å². The molecule has 1 aliphatic heterocycles. The zero-order chi connectivity index (χ0) is 7.84. The molecule has 2 nitrogen and oxygen atoms in total. The van der Waals surface area contributed by atoms with Crippen molar-refractivity contribution in [2.75, 3.05) is 6.61 Å². The lowest BCUT2D eigenvalue weighted by atomic mass is 10.1. The molecule has 3 heteroatoms. The van der Waals surface area contributed by atoms with Crippen LogP contribution < -0.4 is 10.5 Å². The van der Waals surface area contributed by atoms with Gasteiger partial charge in [-0.25, -0.2) is 0 Å². The number of fused-ring (bicyclic) bond motifs is 1. The standard InChI is InChI=1S/C8H8INO/c9-5-1-2-8-6(3-5)7(10)4-11-8/h1-3,7H,4,10H2/t7-/m0/s1. The number of benzene rings is 1. The summed E-state index contributed by atoms with van der Waals surface area (Å²) >= 11 is 2.27. The van der Waals surface area contributed by atoms with E-state index in [1.54, 1.807) is 0 Å². The number of halogens is 1. The molecule has 0 saturated heterocycles. The molecular formula is C8H8INO. The van der Waals surface area contributed by atoms with Crippen molar-refractivity contribution in [1.29, 1.82) is 0 Å². The van der Waals surface area contributed by atoms with Crippen LogP contribution in [-0.4, -0.2) is 6.61 Å². The van der Waals surface area contributed by atoms with Crippen molar-refractivity contribution in [1.82, 2.24) is 0 Å². The molecule has 1 aromatic carbocycles. The first kappa shape index (κ1) is 7.36. The maximum atomic E-state index is 5.79. The molecule has 1 atom stereocenters. The summed E-state index contributed by atoms with van der Waals surface area (Å²) in [6.07, 6.45) is 0. The number of nitrogens with two attached hydrogens (primary N) is 1. The van der Waals surface area contributed by atoms with E-state index in [0.29, 0.717) is 6.61 Å². The van der Waals surface area contributed by atoms with Gasteiger partial charge in [-0.05, 0) is 40.8 Å². The van der Waals surface area contributed by atoms with Gasteiger partial charge < -0.3 is 10.5 Å². The average Bonchev–Trinajstić information content (AvgIpc) is 2.33. The molecule has 0 fully saturated rings. The lowest BCUT2D eigenvalue weighted by Gasteiger charge is -1.99. The Morgan fingerprint density at radius 1 is 1.55 bits per heavy atom. The van der Waals surface area contributed by atoms with Crippen LogP contribution in [0.25, 0.3) is 0 Å². The topological polar surface area (TPSA) is 35.2 Å². The Labute approximate surface area is 78.9 Å². The van der Waals surface area contributed by atoms with E-state index in [0.717, 1.165) is 11.3 Å². The number of rotatable bonds is 0. The molecule has 0 unspecified atom stereocenters. The van der Waals surface area contributed by atoms with E-state index in [-0.39, 0.29) is 6.04 Å². The Hall–Kier alpha value is -0.290. The average molecular weight is 261 g/mol. The van der Waals surface area contributed by atoms with Crippen LogP contribution in [0.15, 0.2) is 18.2 Å². The summed E-state index contributed by atoms with van der Waals surface area (Å²) in [4.78, 5) is 0. The summed E-state index contributed by atoms with van der Waals surface area (Å²) in [6, 6.07) is 6.15. The van der Waals surface area contributed by atoms with Crippen LogP contribution in [-0.2, 0) is 0 Å². The Bertz CT molecular complexity index is 287. The zero-order valence-corrected chi connectivity index (χ0v) is 8.04. The van der Waals surface area contributed by atoms with E-state index in [1.165, 1.54) is 3.57 Å². The van der Waals surface area contributed by atoms with Crippen molar-refractivity contribution < 1.29 is 4.74 Å². The molecule has 2 rings (SSSR count). The molecule has 0 radical (unpaired) electrons. The molecule has 11 heavy (non-hydrogen) atoms. The van der Waals surface area contributed by atoms with E-state index in [4.69, 9.17) is 10.5 Å². The van der Waals surface area contributed by atoms with Gasteiger partial charge in [-0.2, -0.15) is 0 Å². The van der Waals surface area contributed by atoms with Crippen LogP contribution in [0.1, 0.15) is 11.6 Å². The molecule has 0 bridgehead atoms. The molecule has 0 spiro atoms. The number of hydrogen-bond acceptors (Lipinski definition) is 2. The molecule has 58 valence electrons. The van der Waals surface area contributed by atoms with E-state index >= 15 is 0 Å². The molecule has 1 aromatic rings. The summed E-state index contributed by atoms with van der Waals surface area (Å²) < 4.78 is 6.55. The Balaban J connectivity index is 2.52. The van der Waals surface area contributed by atoms with Gasteiger partial charge in [0.15, 0.2) is 0 Å². The summed E-state index contributed by atoms with van der Waals surface area (Å²) in [5.41, 5.74) is 6.92. The maximum Gasteiger partial charge on any atom is 0.124 e. The highest BCUT2D eigenvalue weighted by Gasteiger charge is 2.19. The van der Waals surface area contributed by atoms with Crippen molar-refractivity contribution in [3.8, 4) is 5.75 Å². The Morgan fingerprint density at radius 3 is 3.18 bits per heavy atom. The van der Waals surface area contributed by atoms with Gasteiger partial charge in [0.2, 0.25) is 0 Å². The first-order valence-corrected chi connectivity index (χ1v) is 4.53. The molecule has 2 N–H and O–H groups in total. The van der Waals surface area contributed by atoms with Crippen molar-refractivity contribution in [3.63, 3.8) is 0 Å². The van der Waals surface area contributed by atoms with Crippen molar-refractivity contribution >= 4 is 22.6 Å². The van der Waals surface area contributed by atoms with E-state index in [2.05, 4.69) is 28.7 Å². The van der Waals surface area contributed by atoms with Crippen LogP contribution in [0.2, 0.25) is 0 Å². The number of hydrogen-bond donors (Lipinski definition) is 1. The third-order valence-electron chi connectivity index (χ3n) is 1.79. The first-order valence-electron chi connectivity index (χ1n) is 3.45. The second-order valence-electron chi connectivity index (χ2n) is 2.60. The molecule has 0 aromatic heterocycles. The molecule has 0 amide bonds. The fourth-order valence-electron chi connectivity index (χ4n) is 1.21. The Kier molecular flexibility index (Phi) is 1.77. The summed E-state index contributed by atoms with van der Waals surface area (Å²) in [5.74, 6) is 0.943. The fourth-order valence-corrected chi connectivity index (χ4v) is 1.73. The summed E-state index contributed by atoms with van der Waals surface area (Å²) in [6.45, 7) is 0.620. The Morgan fingerprint density at radius 2 is 2.36 bits per heavy atom. The van der Waals surface area contributed by atoms with E-state index in [1.807, 2.05) is 12.1 Å². The van der Waals surface area contributed by atoms with Gasteiger partial charge in [-0.3, -0.25) is 0 Å². The molecule has 1 heterocycles. The van der Waals surface area contributed by atoms with Gasteiger partial charge in [0.25, 0.3) is 0 Å². The summed E-state index contributed by atoms with van der Waals surface area (Å²) in [5, 5.41) is 0. The van der Waals surface area contributed by atoms with Crippen LogP contribution >= 0.6 is 22.6 Å². The van der Waals surface area contributed by atoms with Gasteiger partial charge >= 0.3 is 0 Å². The monoisotopic (exact) mass is 261 g/mol. The minimum Gasteiger partial charge on any atom is -0.491 e. The second kappa shape index (κ2) is 2.64. The third kappa shape index (κ3) is 1.22. The van der Waals surface area contributed by atoms with E-state index < -0.39 is 0 Å². The van der Waals surface area contributed by atoms with E-state index in [9.17, 15) is 0 Å². The lowest BCUT2D eigenvalue weighted by molar-refractivity contribution is 0.333. The third-order valence-corrected chi connectivity index (χ3v) is 2.46. The molecule has 0 aliphatic carbocycles. The highest BCUT2D eigenvalue weighted by atomic mass is 127. The maximum absolute atomic E-state index is 5.79. The van der Waals surface area contributed by atoms with Crippen LogP contribution in [0.5, 0.6) is 5.75 Å². The quantitative estimate of drug-likeness (QED) is 0.721. The minimum absolute atomic E-state index is 0.0692. The molecule has 1 aliphatic rings. The molecule has 0 saturated carbocycles. The van der Waals surface area contributed by atoms with Crippen molar-refractivity contribution in [3.05, 3.63) is 27.3 Å². The normalized spacial score (nSPS) is 21.1. The van der Waals surface area contributed by atoms with Crippen molar-refractivity contribution in [2.45, 2.75) is 6.04 Å². The predicted molar refractivity (Wildman–Crippen MR) is 51.6 cm³/mol. The zero-order valence-electron chi connectivity index (χ0n) is 5.88. The van der Waals surface area contributed by atoms with Gasteiger partial charge in [0.05, 0.1) is 6.04 Å². The highest BCUT2D eigenvalue weighted by Crippen LogP contribution is 2.31. The lowest BCUT2D eigenvalue weighted by Crippen LogP contribution is -2.10. The SMILES string of the molecule is N[C@H]1COc2ccc(I)cc21. The predicted octanol–water partition coefficient (Wildman–Crippen LogP) is 1.68. The van der Waals surface area contributed by atoms with Crippen LogP contribution in [0.3, 0.4) is 0 Å². The van der Waals surface area contributed by atoms with Gasteiger partial charge in [-0.1, -0.05) is 0 Å². The van der Waals surface area contributed by atoms with Gasteiger partial charge in [-0.15, -0.1) is 0 Å². The molecular weight excluding hydrogens is 253 g/mol. The van der Waals surface area contributed by atoms with Gasteiger partial charge in [0, 0.05) is 9.13 Å².